The van der Waals surface area contributed by atoms with Crippen LogP contribution in [0.4, 0.5) is 20.6 Å². The van der Waals surface area contributed by atoms with Gasteiger partial charge in [-0.2, -0.15) is 0 Å². The van der Waals surface area contributed by atoms with E-state index in [2.05, 4.69) is 0 Å². The smallest absolute Gasteiger partial charge is 0.414 e. The zero-order chi connectivity index (χ0) is 17.1. The molecule has 0 aromatic heterocycles. The molecule has 0 radical (unpaired) electrons. The number of hydrogen-bond acceptors (Lipinski definition) is 5. The number of rotatable bonds is 5. The third-order valence-corrected chi connectivity index (χ3v) is 4.13. The highest BCUT2D eigenvalue weighted by Crippen LogP contribution is 2.29. The van der Waals surface area contributed by atoms with Crippen LogP contribution >= 0.6 is 0 Å². The van der Waals surface area contributed by atoms with Crippen molar-refractivity contribution in [3.63, 3.8) is 0 Å². The molecule has 2 aliphatic heterocycles. The molecule has 2 saturated heterocycles. The van der Waals surface area contributed by atoms with E-state index in [1.165, 1.54) is 4.90 Å². The number of primary amides is 1. The molecule has 24 heavy (non-hydrogen) atoms. The van der Waals surface area contributed by atoms with E-state index < -0.39 is 18.3 Å². The van der Waals surface area contributed by atoms with Gasteiger partial charge in [0.05, 0.1) is 19.8 Å². The average molecular weight is 337 g/mol. The summed E-state index contributed by atoms with van der Waals surface area (Å²) >= 11 is 0. The number of amides is 2. The molecule has 2 heterocycles. The Bertz CT molecular complexity index is 627. The molecule has 1 aromatic carbocycles. The Balaban J connectivity index is 1.71. The monoisotopic (exact) mass is 337 g/mol. The summed E-state index contributed by atoms with van der Waals surface area (Å²) in [5.41, 5.74) is 6.45. The molecule has 2 fully saturated rings. The van der Waals surface area contributed by atoms with E-state index in [9.17, 15) is 14.0 Å². The third kappa shape index (κ3) is 3.59. The summed E-state index contributed by atoms with van der Waals surface area (Å²) in [5, 5.41) is 0. The number of halogens is 1. The SMILES string of the molecule is NC(=O)CCC1CN(c2cccc(N3CCOCC3F)c2)C(=O)O1. The predicted octanol–water partition coefficient (Wildman–Crippen LogP) is 1.41. The first-order valence-corrected chi connectivity index (χ1v) is 7.89. The van der Waals surface area contributed by atoms with E-state index in [4.69, 9.17) is 15.2 Å². The van der Waals surface area contributed by atoms with Gasteiger partial charge in [-0.1, -0.05) is 6.07 Å². The molecule has 2 amide bonds. The topological polar surface area (TPSA) is 85.1 Å². The number of anilines is 2. The van der Waals surface area contributed by atoms with Gasteiger partial charge in [0.2, 0.25) is 5.91 Å². The van der Waals surface area contributed by atoms with Crippen LogP contribution in [0, 0.1) is 0 Å². The summed E-state index contributed by atoms with van der Waals surface area (Å²) in [5.74, 6) is -0.423. The molecule has 130 valence electrons. The number of morpholine rings is 1. The molecule has 3 rings (SSSR count). The molecule has 0 spiro atoms. The van der Waals surface area contributed by atoms with Crippen LogP contribution in [0.25, 0.3) is 0 Å². The standard InChI is InChI=1S/C16H20FN3O4/c17-14-10-23-7-6-19(14)11-2-1-3-12(8-11)20-9-13(24-16(20)22)4-5-15(18)21/h1-3,8,13-14H,4-7,9-10H2,(H2,18,21). The first-order chi connectivity index (χ1) is 11.5. The maximum atomic E-state index is 14.0. The minimum Gasteiger partial charge on any atom is -0.444 e. The predicted molar refractivity (Wildman–Crippen MR) is 85.5 cm³/mol. The lowest BCUT2D eigenvalue weighted by molar-refractivity contribution is -0.118. The Kier molecular flexibility index (Phi) is 4.84. The zero-order valence-corrected chi connectivity index (χ0v) is 13.2. The van der Waals surface area contributed by atoms with E-state index in [1.807, 2.05) is 0 Å². The number of alkyl halides is 1. The summed E-state index contributed by atoms with van der Waals surface area (Å²) in [6.07, 6.45) is -1.48. The van der Waals surface area contributed by atoms with Crippen LogP contribution in [0.5, 0.6) is 0 Å². The van der Waals surface area contributed by atoms with Crippen molar-refractivity contribution in [2.24, 2.45) is 5.73 Å². The summed E-state index contributed by atoms with van der Waals surface area (Å²) < 4.78 is 24.4. The third-order valence-electron chi connectivity index (χ3n) is 4.13. The van der Waals surface area contributed by atoms with Gasteiger partial charge in [-0.25, -0.2) is 9.18 Å². The van der Waals surface area contributed by atoms with Crippen LogP contribution in [-0.4, -0.2) is 50.7 Å². The van der Waals surface area contributed by atoms with Gasteiger partial charge in [-0.3, -0.25) is 9.69 Å². The van der Waals surface area contributed by atoms with E-state index in [1.54, 1.807) is 29.2 Å². The molecule has 1 aromatic rings. The van der Waals surface area contributed by atoms with Gasteiger partial charge in [-0.05, 0) is 24.6 Å². The number of nitrogens with two attached hydrogens (primary N) is 1. The quantitative estimate of drug-likeness (QED) is 0.821. The molecule has 0 saturated carbocycles. The molecular weight excluding hydrogens is 317 g/mol. The van der Waals surface area contributed by atoms with Crippen molar-refractivity contribution in [2.75, 3.05) is 36.1 Å². The van der Waals surface area contributed by atoms with Crippen LogP contribution < -0.4 is 15.5 Å². The fourth-order valence-corrected chi connectivity index (χ4v) is 2.89. The van der Waals surface area contributed by atoms with Crippen LogP contribution in [-0.2, 0) is 14.3 Å². The Morgan fingerprint density at radius 3 is 2.92 bits per heavy atom. The second kappa shape index (κ2) is 7.04. The molecule has 2 aliphatic rings. The first kappa shape index (κ1) is 16.5. The molecule has 0 aliphatic carbocycles. The molecule has 7 nitrogen and oxygen atoms in total. The van der Waals surface area contributed by atoms with Crippen molar-refractivity contribution >= 4 is 23.4 Å². The highest BCUT2D eigenvalue weighted by Gasteiger charge is 2.33. The zero-order valence-electron chi connectivity index (χ0n) is 13.2. The van der Waals surface area contributed by atoms with Crippen molar-refractivity contribution in [1.82, 2.24) is 0 Å². The number of hydrogen-bond donors (Lipinski definition) is 1. The second-order valence-electron chi connectivity index (χ2n) is 5.84. The number of cyclic esters (lactones) is 1. The highest BCUT2D eigenvalue weighted by atomic mass is 19.1. The Labute approximate surface area is 139 Å². The van der Waals surface area contributed by atoms with Gasteiger partial charge < -0.3 is 20.1 Å². The summed E-state index contributed by atoms with van der Waals surface area (Å²) in [4.78, 5) is 26.0. The summed E-state index contributed by atoms with van der Waals surface area (Å²) in [6, 6.07) is 7.11. The van der Waals surface area contributed by atoms with Crippen LogP contribution in [0.2, 0.25) is 0 Å². The van der Waals surface area contributed by atoms with Gasteiger partial charge in [0.1, 0.15) is 6.10 Å². The second-order valence-corrected chi connectivity index (χ2v) is 5.84. The Morgan fingerprint density at radius 2 is 2.17 bits per heavy atom. The summed E-state index contributed by atoms with van der Waals surface area (Å²) in [7, 11) is 0. The maximum Gasteiger partial charge on any atom is 0.414 e. The number of carbonyl (C=O) groups is 2. The lowest BCUT2D eigenvalue weighted by Crippen LogP contribution is -2.42. The Morgan fingerprint density at radius 1 is 1.38 bits per heavy atom. The van der Waals surface area contributed by atoms with Crippen molar-refractivity contribution in [3.8, 4) is 0 Å². The first-order valence-electron chi connectivity index (χ1n) is 7.89. The van der Waals surface area contributed by atoms with E-state index >= 15 is 0 Å². The average Bonchev–Trinajstić information content (AvgIpc) is 2.94. The Hall–Kier alpha value is -2.35. The van der Waals surface area contributed by atoms with Crippen LogP contribution in [0.1, 0.15) is 12.8 Å². The number of benzene rings is 1. The normalized spacial score (nSPS) is 24.1. The molecule has 2 N–H and O–H groups in total. The molecule has 2 atom stereocenters. The minimum absolute atomic E-state index is 0.0329. The maximum absolute atomic E-state index is 14.0. The number of ether oxygens (including phenoxy) is 2. The van der Waals surface area contributed by atoms with Crippen molar-refractivity contribution in [1.29, 1.82) is 0 Å². The van der Waals surface area contributed by atoms with Gasteiger partial charge in [-0.15, -0.1) is 0 Å². The summed E-state index contributed by atoms with van der Waals surface area (Å²) in [6.45, 7) is 1.30. The lowest BCUT2D eigenvalue weighted by atomic mass is 10.2. The molecule has 0 bridgehead atoms. The van der Waals surface area contributed by atoms with E-state index in [0.29, 0.717) is 37.5 Å². The highest BCUT2D eigenvalue weighted by molar-refractivity contribution is 5.90. The lowest BCUT2D eigenvalue weighted by Gasteiger charge is -2.32. The van der Waals surface area contributed by atoms with E-state index in [-0.39, 0.29) is 19.1 Å². The van der Waals surface area contributed by atoms with Crippen molar-refractivity contribution < 1.29 is 23.5 Å². The van der Waals surface area contributed by atoms with Crippen LogP contribution in [0.3, 0.4) is 0 Å². The molecular formula is C16H20FN3O4. The van der Waals surface area contributed by atoms with Crippen molar-refractivity contribution in [2.45, 2.75) is 25.2 Å². The fraction of sp³-hybridized carbons (Fsp3) is 0.500. The largest absolute Gasteiger partial charge is 0.444 e. The minimum atomic E-state index is -1.21. The van der Waals surface area contributed by atoms with Crippen molar-refractivity contribution in [3.05, 3.63) is 24.3 Å². The van der Waals surface area contributed by atoms with Gasteiger partial charge >= 0.3 is 6.09 Å². The van der Waals surface area contributed by atoms with Crippen LogP contribution in [0.15, 0.2) is 24.3 Å². The van der Waals surface area contributed by atoms with E-state index in [0.717, 1.165) is 0 Å². The number of carbonyl (C=O) groups excluding carboxylic acids is 2. The molecule has 2 unspecified atom stereocenters. The van der Waals surface area contributed by atoms with Gasteiger partial charge in [0, 0.05) is 24.3 Å². The fourth-order valence-electron chi connectivity index (χ4n) is 2.89. The number of nitrogens with zero attached hydrogens (tertiary/aromatic N) is 2. The molecule has 8 heteroatoms. The van der Waals surface area contributed by atoms with Gasteiger partial charge in [0.15, 0.2) is 6.30 Å². The van der Waals surface area contributed by atoms with Gasteiger partial charge in [0.25, 0.3) is 0 Å².